The predicted octanol–water partition coefficient (Wildman–Crippen LogP) is 0.790. The summed E-state index contributed by atoms with van der Waals surface area (Å²) in [7, 11) is -3.27. The molecule has 122 valence electrons. The molecule has 0 spiro atoms. The van der Waals surface area contributed by atoms with Gasteiger partial charge in [-0.15, -0.1) is 0 Å². The number of carbonyl (C=O) groups excluding carboxylic acids is 2. The fourth-order valence-corrected chi connectivity index (χ4v) is 3.72. The third-order valence-corrected chi connectivity index (χ3v) is 4.95. The van der Waals surface area contributed by atoms with Crippen molar-refractivity contribution in [1.29, 1.82) is 0 Å². The van der Waals surface area contributed by atoms with Crippen LogP contribution >= 0.6 is 0 Å². The highest BCUT2D eigenvalue weighted by atomic mass is 32.2. The summed E-state index contributed by atoms with van der Waals surface area (Å²) in [5, 5.41) is 2.48. The van der Waals surface area contributed by atoms with Crippen LogP contribution in [0.5, 0.6) is 0 Å². The van der Waals surface area contributed by atoms with E-state index in [2.05, 4.69) is 5.32 Å². The van der Waals surface area contributed by atoms with Gasteiger partial charge in [-0.05, 0) is 11.5 Å². The first-order chi connectivity index (χ1) is 10.2. The van der Waals surface area contributed by atoms with Gasteiger partial charge in [-0.2, -0.15) is 0 Å². The van der Waals surface area contributed by atoms with Gasteiger partial charge in [0.2, 0.25) is 11.8 Å². The van der Waals surface area contributed by atoms with Gasteiger partial charge < -0.3 is 11.1 Å². The molecule has 0 aromatic heterocycles. The van der Waals surface area contributed by atoms with Crippen molar-refractivity contribution >= 4 is 21.7 Å². The molecular formula is C15H22N2O4S. The summed E-state index contributed by atoms with van der Waals surface area (Å²) >= 11 is 0. The number of nitrogens with two attached hydrogens (primary N) is 1. The maximum Gasteiger partial charge on any atom is 0.244 e. The van der Waals surface area contributed by atoms with Crippen LogP contribution in [0.3, 0.4) is 0 Å². The molecule has 0 fully saturated rings. The third kappa shape index (κ3) is 6.26. The van der Waals surface area contributed by atoms with Crippen LogP contribution in [0.15, 0.2) is 30.3 Å². The Morgan fingerprint density at radius 3 is 2.27 bits per heavy atom. The molecule has 0 heterocycles. The molecule has 0 radical (unpaired) electrons. The summed E-state index contributed by atoms with van der Waals surface area (Å²) in [6.45, 7) is 3.60. The van der Waals surface area contributed by atoms with E-state index >= 15 is 0 Å². The van der Waals surface area contributed by atoms with Gasteiger partial charge in [-0.3, -0.25) is 9.59 Å². The van der Waals surface area contributed by atoms with Crippen molar-refractivity contribution in [2.45, 2.75) is 26.3 Å². The monoisotopic (exact) mass is 326 g/mol. The van der Waals surface area contributed by atoms with E-state index < -0.39 is 27.7 Å². The van der Waals surface area contributed by atoms with Gasteiger partial charge in [0.25, 0.3) is 0 Å². The van der Waals surface area contributed by atoms with Crippen LogP contribution in [0, 0.1) is 5.92 Å². The number of amides is 2. The number of hydrogen-bond donors (Lipinski definition) is 2. The lowest BCUT2D eigenvalue weighted by molar-refractivity contribution is -0.127. The second-order valence-corrected chi connectivity index (χ2v) is 7.80. The van der Waals surface area contributed by atoms with Gasteiger partial charge in [0.05, 0.1) is 11.5 Å². The van der Waals surface area contributed by atoms with Gasteiger partial charge >= 0.3 is 0 Å². The first-order valence-corrected chi connectivity index (χ1v) is 8.87. The Bertz CT molecular complexity index is 612. The summed E-state index contributed by atoms with van der Waals surface area (Å²) in [4.78, 5) is 23.4. The summed E-state index contributed by atoms with van der Waals surface area (Å²) in [5.41, 5.74) is 5.86. The Morgan fingerprint density at radius 2 is 1.77 bits per heavy atom. The Balaban J connectivity index is 2.64. The minimum atomic E-state index is -3.27. The lowest BCUT2D eigenvalue weighted by atomic mass is 10.1. The van der Waals surface area contributed by atoms with Crippen molar-refractivity contribution in [2.24, 2.45) is 11.7 Å². The maximum atomic E-state index is 11.9. The Morgan fingerprint density at radius 1 is 1.18 bits per heavy atom. The van der Waals surface area contributed by atoms with Crippen LogP contribution in [0.1, 0.15) is 31.9 Å². The molecule has 0 saturated carbocycles. The molecule has 1 aromatic carbocycles. The third-order valence-electron chi connectivity index (χ3n) is 2.95. The zero-order valence-electron chi connectivity index (χ0n) is 12.8. The number of primary amides is 1. The highest BCUT2D eigenvalue weighted by Crippen LogP contribution is 2.12. The molecule has 2 amide bonds. The van der Waals surface area contributed by atoms with Crippen molar-refractivity contribution in [3.05, 3.63) is 35.9 Å². The van der Waals surface area contributed by atoms with Crippen LogP contribution in [0.25, 0.3) is 0 Å². The van der Waals surface area contributed by atoms with Crippen molar-refractivity contribution in [3.63, 3.8) is 0 Å². The van der Waals surface area contributed by atoms with Gasteiger partial charge in [-0.1, -0.05) is 44.2 Å². The number of benzene rings is 1. The van der Waals surface area contributed by atoms with E-state index in [0.29, 0.717) is 5.56 Å². The molecule has 3 N–H and O–H groups in total. The second-order valence-electron chi connectivity index (χ2n) is 5.57. The molecule has 0 aliphatic heterocycles. The van der Waals surface area contributed by atoms with Gasteiger partial charge in [0.1, 0.15) is 6.04 Å². The number of sulfone groups is 1. The van der Waals surface area contributed by atoms with E-state index in [0.717, 1.165) is 0 Å². The molecular weight excluding hydrogens is 304 g/mol. The summed E-state index contributed by atoms with van der Waals surface area (Å²) in [6.07, 6.45) is -0.189. The topological polar surface area (TPSA) is 106 Å². The summed E-state index contributed by atoms with van der Waals surface area (Å²) in [6, 6.07) is 7.62. The van der Waals surface area contributed by atoms with E-state index in [1.807, 2.05) is 0 Å². The van der Waals surface area contributed by atoms with E-state index in [1.165, 1.54) is 0 Å². The van der Waals surface area contributed by atoms with Crippen LogP contribution < -0.4 is 11.1 Å². The quantitative estimate of drug-likeness (QED) is 0.736. The average molecular weight is 326 g/mol. The van der Waals surface area contributed by atoms with Gasteiger partial charge in [-0.25, -0.2) is 8.42 Å². The second kappa shape index (κ2) is 7.93. The number of nitrogens with one attached hydrogen (secondary N) is 1. The van der Waals surface area contributed by atoms with Crippen LogP contribution in [-0.4, -0.2) is 31.7 Å². The molecule has 0 bridgehead atoms. The molecule has 1 rings (SSSR count). The van der Waals surface area contributed by atoms with Crippen LogP contribution in [-0.2, 0) is 19.4 Å². The minimum Gasteiger partial charge on any atom is -0.368 e. The first kappa shape index (κ1) is 18.2. The Labute approximate surface area is 131 Å². The summed E-state index contributed by atoms with van der Waals surface area (Å²) in [5.74, 6) is -1.39. The lowest BCUT2D eigenvalue weighted by Crippen LogP contribution is -2.38. The van der Waals surface area contributed by atoms with Crippen molar-refractivity contribution in [2.75, 3.05) is 11.5 Å². The van der Waals surface area contributed by atoms with E-state index in [1.54, 1.807) is 44.2 Å². The summed E-state index contributed by atoms with van der Waals surface area (Å²) < 4.78 is 23.5. The maximum absolute atomic E-state index is 11.9. The predicted molar refractivity (Wildman–Crippen MR) is 84.6 cm³/mol. The molecule has 1 aromatic rings. The molecule has 7 heteroatoms. The Hall–Kier alpha value is -1.89. The number of hydrogen-bond acceptors (Lipinski definition) is 4. The molecule has 1 unspecified atom stereocenters. The van der Waals surface area contributed by atoms with Crippen molar-refractivity contribution in [3.8, 4) is 0 Å². The molecule has 0 saturated heterocycles. The highest BCUT2D eigenvalue weighted by Gasteiger charge is 2.21. The standard InChI is InChI=1S/C15H22N2O4S/c1-11(2)10-22(20,21)9-8-13(18)17-14(15(16)19)12-6-4-3-5-7-12/h3-7,11,14H,8-10H2,1-2H3,(H2,16,19)(H,17,18). The van der Waals surface area contributed by atoms with Crippen molar-refractivity contribution < 1.29 is 18.0 Å². The van der Waals surface area contributed by atoms with Gasteiger partial charge in [0, 0.05) is 6.42 Å². The molecule has 6 nitrogen and oxygen atoms in total. The first-order valence-electron chi connectivity index (χ1n) is 7.05. The minimum absolute atomic E-state index is 0.00995. The van der Waals surface area contributed by atoms with Gasteiger partial charge in [0.15, 0.2) is 9.84 Å². The highest BCUT2D eigenvalue weighted by molar-refractivity contribution is 7.91. The molecule has 1 atom stereocenters. The van der Waals surface area contributed by atoms with E-state index in [4.69, 9.17) is 5.73 Å². The number of carbonyl (C=O) groups is 2. The smallest absolute Gasteiger partial charge is 0.244 e. The normalized spacial score (nSPS) is 12.9. The van der Waals surface area contributed by atoms with Crippen molar-refractivity contribution in [1.82, 2.24) is 5.32 Å². The average Bonchev–Trinajstić information content (AvgIpc) is 2.42. The largest absolute Gasteiger partial charge is 0.368 e. The SMILES string of the molecule is CC(C)CS(=O)(=O)CCC(=O)NC(C(N)=O)c1ccccc1. The number of rotatable bonds is 8. The van der Waals surface area contributed by atoms with E-state index in [-0.39, 0.29) is 23.8 Å². The zero-order valence-corrected chi connectivity index (χ0v) is 13.6. The van der Waals surface area contributed by atoms with Crippen LogP contribution in [0.4, 0.5) is 0 Å². The van der Waals surface area contributed by atoms with Crippen LogP contribution in [0.2, 0.25) is 0 Å². The molecule has 22 heavy (non-hydrogen) atoms. The molecule has 0 aliphatic rings. The fraction of sp³-hybridized carbons (Fsp3) is 0.467. The fourth-order valence-electron chi connectivity index (χ4n) is 2.04. The van der Waals surface area contributed by atoms with E-state index in [9.17, 15) is 18.0 Å². The zero-order chi connectivity index (χ0) is 16.8. The lowest BCUT2D eigenvalue weighted by Gasteiger charge is -2.16. The molecule has 0 aliphatic carbocycles. The Kier molecular flexibility index (Phi) is 6.55.